The van der Waals surface area contributed by atoms with Gasteiger partial charge in [0.15, 0.2) is 0 Å². The molecule has 0 saturated heterocycles. The van der Waals surface area contributed by atoms with Crippen molar-refractivity contribution in [1.29, 1.82) is 0 Å². The van der Waals surface area contributed by atoms with Gasteiger partial charge in [0, 0.05) is 11.7 Å². The highest BCUT2D eigenvalue weighted by atomic mass is 15.3. The molecule has 0 bridgehead atoms. The average Bonchev–Trinajstić information content (AvgIpc) is 2.93. The smallest absolute Gasteiger partial charge is 0.0629 e. The predicted molar refractivity (Wildman–Crippen MR) is 73.9 cm³/mol. The van der Waals surface area contributed by atoms with Crippen LogP contribution in [0, 0.1) is 13.8 Å². The van der Waals surface area contributed by atoms with E-state index in [0.717, 1.165) is 19.0 Å². The Labute approximate surface area is 110 Å². The van der Waals surface area contributed by atoms with Gasteiger partial charge in [-0.25, -0.2) is 0 Å². The van der Waals surface area contributed by atoms with Crippen LogP contribution in [0.3, 0.4) is 0 Å². The van der Waals surface area contributed by atoms with Gasteiger partial charge < -0.3 is 5.32 Å². The van der Waals surface area contributed by atoms with Crippen molar-refractivity contribution in [3.8, 4) is 0 Å². The van der Waals surface area contributed by atoms with E-state index < -0.39 is 0 Å². The maximum atomic E-state index is 4.79. The molecule has 2 fully saturated rings. The average molecular weight is 247 g/mol. The van der Waals surface area contributed by atoms with Crippen molar-refractivity contribution in [2.75, 3.05) is 6.54 Å². The second kappa shape index (κ2) is 5.04. The number of hydrogen-bond acceptors (Lipinski definition) is 2. The Kier molecular flexibility index (Phi) is 3.42. The lowest BCUT2D eigenvalue weighted by molar-refractivity contribution is 0.454. The van der Waals surface area contributed by atoms with Crippen molar-refractivity contribution >= 4 is 0 Å². The van der Waals surface area contributed by atoms with Crippen LogP contribution in [0.4, 0.5) is 0 Å². The fraction of sp³-hybridized carbons (Fsp3) is 0.800. The molecule has 3 heteroatoms. The molecule has 2 saturated carbocycles. The predicted octanol–water partition coefficient (Wildman–Crippen LogP) is 2.91. The molecule has 3 rings (SSSR count). The molecule has 1 aromatic rings. The minimum Gasteiger partial charge on any atom is -0.314 e. The minimum atomic E-state index is 0.675. The molecule has 0 atom stereocenters. The van der Waals surface area contributed by atoms with Gasteiger partial charge in [0.25, 0.3) is 0 Å². The maximum absolute atomic E-state index is 4.79. The molecule has 100 valence electrons. The Bertz CT molecular complexity index is 412. The Morgan fingerprint density at radius 1 is 1.17 bits per heavy atom. The summed E-state index contributed by atoms with van der Waals surface area (Å²) in [6.07, 6.45) is 9.28. The van der Waals surface area contributed by atoms with Gasteiger partial charge in [0.05, 0.1) is 11.7 Å². The standard InChI is InChI=1S/C15H25N3/c1-11-15(9-10-16-13-7-8-13)12(2)18(17-11)14-5-3-4-6-14/h13-14,16H,3-10H2,1-2H3. The SMILES string of the molecule is Cc1nn(C2CCCC2)c(C)c1CCNC1CC1. The lowest BCUT2D eigenvalue weighted by Crippen LogP contribution is -2.19. The molecule has 1 heterocycles. The highest BCUT2D eigenvalue weighted by Gasteiger charge is 2.23. The third kappa shape index (κ3) is 2.46. The van der Waals surface area contributed by atoms with Crippen LogP contribution in [0.1, 0.15) is 61.5 Å². The van der Waals surface area contributed by atoms with Crippen LogP contribution < -0.4 is 5.32 Å². The van der Waals surface area contributed by atoms with Gasteiger partial charge in [-0.2, -0.15) is 5.10 Å². The monoisotopic (exact) mass is 247 g/mol. The molecule has 0 spiro atoms. The van der Waals surface area contributed by atoms with E-state index in [1.807, 2.05) is 0 Å². The first-order valence-electron chi connectivity index (χ1n) is 7.53. The van der Waals surface area contributed by atoms with Gasteiger partial charge in [-0.05, 0) is 58.1 Å². The molecule has 2 aliphatic carbocycles. The molecule has 18 heavy (non-hydrogen) atoms. The van der Waals surface area contributed by atoms with Gasteiger partial charge >= 0.3 is 0 Å². The Hall–Kier alpha value is -0.830. The summed E-state index contributed by atoms with van der Waals surface area (Å²) in [4.78, 5) is 0. The van der Waals surface area contributed by atoms with E-state index in [-0.39, 0.29) is 0 Å². The number of hydrogen-bond donors (Lipinski definition) is 1. The molecule has 2 aliphatic rings. The quantitative estimate of drug-likeness (QED) is 0.867. The van der Waals surface area contributed by atoms with E-state index in [9.17, 15) is 0 Å². The van der Waals surface area contributed by atoms with Gasteiger partial charge in [-0.3, -0.25) is 4.68 Å². The lowest BCUT2D eigenvalue weighted by atomic mass is 10.1. The van der Waals surface area contributed by atoms with Gasteiger partial charge in [0.2, 0.25) is 0 Å². The van der Waals surface area contributed by atoms with Gasteiger partial charge in [-0.15, -0.1) is 0 Å². The van der Waals surface area contributed by atoms with Crippen LogP contribution in [-0.4, -0.2) is 22.4 Å². The lowest BCUT2D eigenvalue weighted by Gasteiger charge is -2.12. The largest absolute Gasteiger partial charge is 0.314 e. The first-order valence-corrected chi connectivity index (χ1v) is 7.53. The number of aromatic nitrogens is 2. The van der Waals surface area contributed by atoms with E-state index in [4.69, 9.17) is 5.10 Å². The molecule has 0 aromatic carbocycles. The molecule has 0 amide bonds. The minimum absolute atomic E-state index is 0.675. The highest BCUT2D eigenvalue weighted by molar-refractivity contribution is 5.25. The van der Waals surface area contributed by atoms with E-state index in [1.165, 1.54) is 55.5 Å². The molecule has 1 N–H and O–H groups in total. The second-order valence-corrected chi connectivity index (χ2v) is 6.01. The van der Waals surface area contributed by atoms with E-state index in [1.54, 1.807) is 0 Å². The first-order chi connectivity index (χ1) is 8.75. The molecule has 0 unspecified atom stereocenters. The molecular weight excluding hydrogens is 222 g/mol. The van der Waals surface area contributed by atoms with Crippen molar-refractivity contribution in [3.63, 3.8) is 0 Å². The highest BCUT2D eigenvalue weighted by Crippen LogP contribution is 2.31. The van der Waals surface area contributed by atoms with Crippen LogP contribution in [0.2, 0.25) is 0 Å². The fourth-order valence-corrected chi connectivity index (χ4v) is 3.25. The third-order valence-corrected chi connectivity index (χ3v) is 4.53. The van der Waals surface area contributed by atoms with Crippen LogP contribution in [-0.2, 0) is 6.42 Å². The molecular formula is C15H25N3. The Morgan fingerprint density at radius 2 is 1.89 bits per heavy atom. The summed E-state index contributed by atoms with van der Waals surface area (Å²) < 4.78 is 2.31. The summed E-state index contributed by atoms with van der Waals surface area (Å²) >= 11 is 0. The Morgan fingerprint density at radius 3 is 2.56 bits per heavy atom. The van der Waals surface area contributed by atoms with Crippen LogP contribution in [0.15, 0.2) is 0 Å². The van der Waals surface area contributed by atoms with Crippen molar-refractivity contribution in [1.82, 2.24) is 15.1 Å². The zero-order valence-electron chi connectivity index (χ0n) is 11.7. The fourth-order valence-electron chi connectivity index (χ4n) is 3.25. The third-order valence-electron chi connectivity index (χ3n) is 4.53. The second-order valence-electron chi connectivity index (χ2n) is 6.01. The van der Waals surface area contributed by atoms with Crippen molar-refractivity contribution in [2.24, 2.45) is 0 Å². The van der Waals surface area contributed by atoms with E-state index >= 15 is 0 Å². The van der Waals surface area contributed by atoms with Crippen molar-refractivity contribution < 1.29 is 0 Å². The van der Waals surface area contributed by atoms with Crippen molar-refractivity contribution in [2.45, 2.75) is 70.9 Å². The van der Waals surface area contributed by atoms with Crippen LogP contribution in [0.25, 0.3) is 0 Å². The summed E-state index contributed by atoms with van der Waals surface area (Å²) in [6.45, 7) is 5.54. The summed E-state index contributed by atoms with van der Waals surface area (Å²) in [5.74, 6) is 0. The number of aryl methyl sites for hydroxylation is 1. The van der Waals surface area contributed by atoms with E-state index in [2.05, 4.69) is 23.8 Å². The maximum Gasteiger partial charge on any atom is 0.0629 e. The van der Waals surface area contributed by atoms with Crippen LogP contribution in [0.5, 0.6) is 0 Å². The topological polar surface area (TPSA) is 29.9 Å². The molecule has 3 nitrogen and oxygen atoms in total. The zero-order valence-corrected chi connectivity index (χ0v) is 11.7. The van der Waals surface area contributed by atoms with Gasteiger partial charge in [0.1, 0.15) is 0 Å². The number of nitrogens with one attached hydrogen (secondary N) is 1. The van der Waals surface area contributed by atoms with Crippen LogP contribution >= 0.6 is 0 Å². The van der Waals surface area contributed by atoms with Gasteiger partial charge in [-0.1, -0.05) is 12.8 Å². The summed E-state index contributed by atoms with van der Waals surface area (Å²) in [6, 6.07) is 1.49. The Balaban J connectivity index is 1.68. The molecule has 1 aromatic heterocycles. The number of rotatable bonds is 5. The summed E-state index contributed by atoms with van der Waals surface area (Å²) in [5.41, 5.74) is 4.14. The molecule has 0 aliphatic heterocycles. The molecule has 0 radical (unpaired) electrons. The van der Waals surface area contributed by atoms with E-state index in [0.29, 0.717) is 6.04 Å². The van der Waals surface area contributed by atoms with Crippen molar-refractivity contribution in [3.05, 3.63) is 17.0 Å². The summed E-state index contributed by atoms with van der Waals surface area (Å²) in [7, 11) is 0. The number of nitrogens with zero attached hydrogens (tertiary/aromatic N) is 2. The first kappa shape index (κ1) is 12.2. The normalized spacial score (nSPS) is 20.8. The summed E-state index contributed by atoms with van der Waals surface area (Å²) in [5, 5.41) is 8.40. The zero-order chi connectivity index (χ0) is 12.5.